The summed E-state index contributed by atoms with van der Waals surface area (Å²) in [5, 5.41) is 0. The molecule has 3 rings (SSSR count). The molecule has 0 heterocycles. The molecule has 3 aromatic carbocycles. The number of rotatable bonds is 4. The van der Waals surface area contributed by atoms with Gasteiger partial charge in [0.25, 0.3) is 0 Å². The Bertz CT molecular complexity index is 725. The van der Waals surface area contributed by atoms with E-state index in [2.05, 4.69) is 0 Å². The molecule has 0 N–H and O–H groups in total. The van der Waals surface area contributed by atoms with Crippen molar-refractivity contribution in [3.05, 3.63) is 108 Å². The van der Waals surface area contributed by atoms with Gasteiger partial charge in [0.2, 0.25) is 0 Å². The minimum atomic E-state index is -0.838. The summed E-state index contributed by atoms with van der Waals surface area (Å²) in [6, 6.07) is 28.7. The predicted octanol–water partition coefficient (Wildman–Crippen LogP) is 4.81. The van der Waals surface area contributed by atoms with Crippen molar-refractivity contribution in [1.29, 1.82) is 0 Å². The molecule has 0 amide bonds. The van der Waals surface area contributed by atoms with Gasteiger partial charge < -0.3 is 4.74 Å². The van der Waals surface area contributed by atoms with Gasteiger partial charge >= 0.3 is 5.97 Å². The monoisotopic (exact) mass is 302 g/mol. The maximum absolute atomic E-state index is 12.6. The highest BCUT2D eigenvalue weighted by Crippen LogP contribution is 2.34. The molecular weight excluding hydrogens is 284 g/mol. The fourth-order valence-electron chi connectivity index (χ4n) is 2.62. The Morgan fingerprint density at radius 1 is 0.696 bits per heavy atom. The minimum Gasteiger partial charge on any atom is -0.446 e. The fraction of sp³-hybridized carbons (Fsp3) is 0.0952. The Morgan fingerprint density at radius 3 is 1.52 bits per heavy atom. The van der Waals surface area contributed by atoms with E-state index < -0.39 is 5.60 Å². The molecule has 2 nitrogen and oxygen atoms in total. The summed E-state index contributed by atoms with van der Waals surface area (Å²) in [6.45, 7) is 1.93. The molecule has 0 aliphatic rings. The highest BCUT2D eigenvalue weighted by atomic mass is 16.6. The average molecular weight is 302 g/mol. The first-order chi connectivity index (χ1) is 11.2. The molecule has 0 aliphatic heterocycles. The first-order valence-electron chi connectivity index (χ1n) is 7.59. The van der Waals surface area contributed by atoms with Gasteiger partial charge in [-0.15, -0.1) is 0 Å². The van der Waals surface area contributed by atoms with Crippen molar-refractivity contribution >= 4 is 5.97 Å². The molecule has 0 spiro atoms. The Kier molecular flexibility index (Phi) is 4.24. The number of hydrogen-bond acceptors (Lipinski definition) is 2. The van der Waals surface area contributed by atoms with Gasteiger partial charge in [0.1, 0.15) is 0 Å². The molecule has 3 aromatic rings. The van der Waals surface area contributed by atoms with E-state index in [0.29, 0.717) is 5.56 Å². The normalized spacial score (nSPS) is 11.0. The van der Waals surface area contributed by atoms with Crippen LogP contribution in [0.4, 0.5) is 0 Å². The lowest BCUT2D eigenvalue weighted by molar-refractivity contribution is 0.00616. The molecule has 2 heteroatoms. The molecule has 0 saturated carbocycles. The Balaban J connectivity index is 2.01. The van der Waals surface area contributed by atoms with Gasteiger partial charge in [-0.25, -0.2) is 4.79 Å². The summed E-state index contributed by atoms with van der Waals surface area (Å²) < 4.78 is 5.96. The highest BCUT2D eigenvalue weighted by Gasteiger charge is 2.33. The Morgan fingerprint density at radius 2 is 1.09 bits per heavy atom. The molecule has 0 radical (unpaired) electrons. The quantitative estimate of drug-likeness (QED) is 0.647. The van der Waals surface area contributed by atoms with Crippen LogP contribution in [0.5, 0.6) is 0 Å². The number of ether oxygens (including phenoxy) is 1. The van der Waals surface area contributed by atoms with E-state index in [1.54, 1.807) is 12.1 Å². The predicted molar refractivity (Wildman–Crippen MR) is 91.2 cm³/mol. The van der Waals surface area contributed by atoms with Crippen molar-refractivity contribution < 1.29 is 9.53 Å². The summed E-state index contributed by atoms with van der Waals surface area (Å²) in [6.07, 6.45) is 0. The van der Waals surface area contributed by atoms with Gasteiger partial charge in [-0.2, -0.15) is 0 Å². The number of esters is 1. The molecule has 0 saturated heterocycles. The standard InChI is InChI=1S/C21H18O2/c1-21(18-13-7-3-8-14-18,19-15-9-4-10-16-19)23-20(22)17-11-5-2-6-12-17/h2-16H,1H3. The maximum Gasteiger partial charge on any atom is 0.339 e. The second-order valence-electron chi connectivity index (χ2n) is 5.52. The van der Waals surface area contributed by atoms with Crippen LogP contribution in [0.3, 0.4) is 0 Å². The zero-order valence-corrected chi connectivity index (χ0v) is 13.0. The number of hydrogen-bond donors (Lipinski definition) is 0. The van der Waals surface area contributed by atoms with Crippen LogP contribution in [-0.4, -0.2) is 5.97 Å². The van der Waals surface area contributed by atoms with E-state index in [-0.39, 0.29) is 5.97 Å². The summed E-state index contributed by atoms with van der Waals surface area (Å²) >= 11 is 0. The summed E-state index contributed by atoms with van der Waals surface area (Å²) in [7, 11) is 0. The molecule has 0 aromatic heterocycles. The molecular formula is C21H18O2. The zero-order valence-electron chi connectivity index (χ0n) is 13.0. The minimum absolute atomic E-state index is 0.333. The third-order valence-corrected chi connectivity index (χ3v) is 3.96. The van der Waals surface area contributed by atoms with E-state index in [9.17, 15) is 4.79 Å². The lowest BCUT2D eigenvalue weighted by atomic mass is 9.88. The summed E-state index contributed by atoms with van der Waals surface area (Å²) in [5.74, 6) is -0.333. The van der Waals surface area contributed by atoms with Gasteiger partial charge in [0, 0.05) is 0 Å². The van der Waals surface area contributed by atoms with E-state index in [1.807, 2.05) is 85.8 Å². The van der Waals surface area contributed by atoms with E-state index in [4.69, 9.17) is 4.74 Å². The largest absolute Gasteiger partial charge is 0.446 e. The van der Waals surface area contributed by atoms with Crippen molar-refractivity contribution in [2.24, 2.45) is 0 Å². The lowest BCUT2D eigenvalue weighted by Crippen LogP contribution is -2.30. The molecule has 114 valence electrons. The van der Waals surface area contributed by atoms with Crippen molar-refractivity contribution in [3.8, 4) is 0 Å². The van der Waals surface area contributed by atoms with E-state index in [1.165, 1.54) is 0 Å². The van der Waals surface area contributed by atoms with Crippen molar-refractivity contribution in [1.82, 2.24) is 0 Å². The lowest BCUT2D eigenvalue weighted by Gasteiger charge is -2.30. The van der Waals surface area contributed by atoms with Crippen LogP contribution in [0.25, 0.3) is 0 Å². The van der Waals surface area contributed by atoms with Gasteiger partial charge in [-0.05, 0) is 30.2 Å². The SMILES string of the molecule is CC(OC(=O)c1ccccc1)(c1ccccc1)c1ccccc1. The average Bonchev–Trinajstić information content (AvgIpc) is 2.64. The van der Waals surface area contributed by atoms with Gasteiger partial charge in [-0.1, -0.05) is 78.9 Å². The Labute approximate surface area is 136 Å². The van der Waals surface area contributed by atoms with Gasteiger partial charge in [-0.3, -0.25) is 0 Å². The Hall–Kier alpha value is -2.87. The van der Waals surface area contributed by atoms with Crippen molar-refractivity contribution in [2.45, 2.75) is 12.5 Å². The summed E-state index contributed by atoms with van der Waals surface area (Å²) in [5.41, 5.74) is 1.59. The second kappa shape index (κ2) is 6.49. The van der Waals surface area contributed by atoms with Crippen LogP contribution in [0.15, 0.2) is 91.0 Å². The van der Waals surface area contributed by atoms with E-state index in [0.717, 1.165) is 11.1 Å². The number of carbonyl (C=O) groups is 1. The molecule has 0 unspecified atom stereocenters. The second-order valence-corrected chi connectivity index (χ2v) is 5.52. The number of carbonyl (C=O) groups excluding carboxylic acids is 1. The molecule has 0 bridgehead atoms. The van der Waals surface area contributed by atoms with Crippen LogP contribution in [0, 0.1) is 0 Å². The zero-order chi connectivity index (χ0) is 16.1. The van der Waals surface area contributed by atoms with E-state index >= 15 is 0 Å². The first-order valence-corrected chi connectivity index (χ1v) is 7.59. The molecule has 23 heavy (non-hydrogen) atoms. The van der Waals surface area contributed by atoms with Crippen LogP contribution in [0.1, 0.15) is 28.4 Å². The topological polar surface area (TPSA) is 26.3 Å². The summed E-state index contributed by atoms with van der Waals surface area (Å²) in [4.78, 5) is 12.6. The highest BCUT2D eigenvalue weighted by molar-refractivity contribution is 5.89. The number of benzene rings is 3. The smallest absolute Gasteiger partial charge is 0.339 e. The van der Waals surface area contributed by atoms with Crippen molar-refractivity contribution in [3.63, 3.8) is 0 Å². The van der Waals surface area contributed by atoms with Crippen LogP contribution in [0.2, 0.25) is 0 Å². The third kappa shape index (κ3) is 3.16. The van der Waals surface area contributed by atoms with Gasteiger partial charge in [0.15, 0.2) is 5.60 Å². The molecule has 0 fully saturated rings. The van der Waals surface area contributed by atoms with Crippen LogP contribution >= 0.6 is 0 Å². The first kappa shape index (κ1) is 15.0. The maximum atomic E-state index is 12.6. The van der Waals surface area contributed by atoms with Crippen LogP contribution in [-0.2, 0) is 10.3 Å². The van der Waals surface area contributed by atoms with Crippen molar-refractivity contribution in [2.75, 3.05) is 0 Å². The third-order valence-electron chi connectivity index (χ3n) is 3.96. The van der Waals surface area contributed by atoms with Crippen LogP contribution < -0.4 is 0 Å². The molecule has 0 aliphatic carbocycles. The molecule has 0 atom stereocenters. The van der Waals surface area contributed by atoms with Gasteiger partial charge in [0.05, 0.1) is 5.56 Å². The fourth-order valence-corrected chi connectivity index (χ4v) is 2.62.